The van der Waals surface area contributed by atoms with Crippen LogP contribution in [-0.2, 0) is 6.54 Å². The quantitative estimate of drug-likeness (QED) is 0.941. The Bertz CT molecular complexity index is 550. The third kappa shape index (κ3) is 2.80. The predicted molar refractivity (Wildman–Crippen MR) is 79.7 cm³/mol. The summed E-state index contributed by atoms with van der Waals surface area (Å²) in [6, 6.07) is 4.30. The molecule has 0 aromatic carbocycles. The number of likely N-dealkylation sites (tertiary alicyclic amines) is 1. The van der Waals surface area contributed by atoms with Gasteiger partial charge in [0.2, 0.25) is 5.89 Å². The maximum atomic E-state index is 9.48. The molecule has 0 saturated carbocycles. The summed E-state index contributed by atoms with van der Waals surface area (Å²) in [6.45, 7) is 4.00. The smallest absolute Gasteiger partial charge is 0.236 e. The van der Waals surface area contributed by atoms with E-state index in [4.69, 9.17) is 4.42 Å². The van der Waals surface area contributed by atoms with E-state index in [-0.39, 0.29) is 12.6 Å². The van der Waals surface area contributed by atoms with Gasteiger partial charge in [-0.1, -0.05) is 12.5 Å². The lowest BCUT2D eigenvalue weighted by molar-refractivity contribution is 0.0828. The van der Waals surface area contributed by atoms with Crippen molar-refractivity contribution in [2.24, 2.45) is 0 Å². The SMILES string of the molecule is Cc1oc(-c2cccs2)nc1CN1CCCCC1CO. The molecule has 4 nitrogen and oxygen atoms in total. The fraction of sp³-hybridized carbons (Fsp3) is 0.533. The molecule has 1 atom stereocenters. The van der Waals surface area contributed by atoms with Crippen molar-refractivity contribution in [1.82, 2.24) is 9.88 Å². The number of hydrogen-bond acceptors (Lipinski definition) is 5. The molecule has 1 N–H and O–H groups in total. The van der Waals surface area contributed by atoms with E-state index in [1.54, 1.807) is 11.3 Å². The Morgan fingerprint density at radius 3 is 3.15 bits per heavy atom. The normalized spacial score (nSPS) is 20.4. The molecule has 0 aliphatic carbocycles. The predicted octanol–water partition coefficient (Wildman–Crippen LogP) is 3.06. The zero-order valence-electron chi connectivity index (χ0n) is 11.7. The average molecular weight is 292 g/mol. The first kappa shape index (κ1) is 13.8. The number of aryl methyl sites for hydroxylation is 1. The monoisotopic (exact) mass is 292 g/mol. The summed E-state index contributed by atoms with van der Waals surface area (Å²) in [4.78, 5) is 8.03. The van der Waals surface area contributed by atoms with Crippen LogP contribution in [0.2, 0.25) is 0 Å². The van der Waals surface area contributed by atoms with Gasteiger partial charge in [-0.05, 0) is 37.8 Å². The third-order valence-corrected chi connectivity index (χ3v) is 4.80. The lowest BCUT2D eigenvalue weighted by atomic mass is 10.0. The van der Waals surface area contributed by atoms with Crippen molar-refractivity contribution in [2.75, 3.05) is 13.2 Å². The van der Waals surface area contributed by atoms with Gasteiger partial charge in [-0.3, -0.25) is 4.90 Å². The van der Waals surface area contributed by atoms with Crippen molar-refractivity contribution in [3.8, 4) is 10.8 Å². The van der Waals surface area contributed by atoms with Gasteiger partial charge in [-0.15, -0.1) is 11.3 Å². The summed E-state index contributed by atoms with van der Waals surface area (Å²) < 4.78 is 5.78. The minimum atomic E-state index is 0.231. The molecule has 0 spiro atoms. The summed E-state index contributed by atoms with van der Waals surface area (Å²) in [6.07, 6.45) is 3.48. The highest BCUT2D eigenvalue weighted by atomic mass is 32.1. The molecule has 1 saturated heterocycles. The van der Waals surface area contributed by atoms with E-state index in [1.807, 2.05) is 24.4 Å². The fourth-order valence-corrected chi connectivity index (χ4v) is 3.40. The van der Waals surface area contributed by atoms with Crippen molar-refractivity contribution < 1.29 is 9.52 Å². The van der Waals surface area contributed by atoms with Crippen LogP contribution in [0.25, 0.3) is 10.8 Å². The first-order chi connectivity index (χ1) is 9.78. The number of aliphatic hydroxyl groups excluding tert-OH is 1. The van der Waals surface area contributed by atoms with Crippen LogP contribution in [0.1, 0.15) is 30.7 Å². The highest BCUT2D eigenvalue weighted by Crippen LogP contribution is 2.27. The van der Waals surface area contributed by atoms with Gasteiger partial charge < -0.3 is 9.52 Å². The Kier molecular flexibility index (Phi) is 4.19. The van der Waals surface area contributed by atoms with E-state index >= 15 is 0 Å². The molecule has 0 radical (unpaired) electrons. The van der Waals surface area contributed by atoms with E-state index in [1.165, 1.54) is 12.8 Å². The minimum Gasteiger partial charge on any atom is -0.440 e. The highest BCUT2D eigenvalue weighted by Gasteiger charge is 2.24. The number of aromatic nitrogens is 1. The summed E-state index contributed by atoms with van der Waals surface area (Å²) in [5, 5.41) is 11.5. The van der Waals surface area contributed by atoms with Gasteiger partial charge >= 0.3 is 0 Å². The van der Waals surface area contributed by atoms with Gasteiger partial charge in [0.25, 0.3) is 0 Å². The Hall–Kier alpha value is -1.17. The Morgan fingerprint density at radius 1 is 1.50 bits per heavy atom. The van der Waals surface area contributed by atoms with Gasteiger partial charge in [0, 0.05) is 12.6 Å². The standard InChI is InChI=1S/C15H20N2O2S/c1-11-13(9-17-7-3-2-5-12(17)10-18)16-15(19-11)14-6-4-8-20-14/h4,6,8,12,18H,2-3,5,7,9-10H2,1H3. The van der Waals surface area contributed by atoms with Crippen molar-refractivity contribution >= 4 is 11.3 Å². The summed E-state index contributed by atoms with van der Waals surface area (Å²) in [5.41, 5.74) is 0.994. The van der Waals surface area contributed by atoms with Crippen LogP contribution < -0.4 is 0 Å². The number of piperidine rings is 1. The molecule has 1 fully saturated rings. The molecule has 1 aliphatic heterocycles. The number of oxazole rings is 1. The molecule has 0 amide bonds. The van der Waals surface area contributed by atoms with Crippen LogP contribution in [-0.4, -0.2) is 34.2 Å². The second kappa shape index (κ2) is 6.08. The van der Waals surface area contributed by atoms with E-state index < -0.39 is 0 Å². The van der Waals surface area contributed by atoms with Crippen LogP contribution >= 0.6 is 11.3 Å². The molecular formula is C15H20N2O2S. The first-order valence-electron chi connectivity index (χ1n) is 7.13. The maximum Gasteiger partial charge on any atom is 0.236 e. The number of thiophene rings is 1. The Morgan fingerprint density at radius 2 is 2.40 bits per heavy atom. The molecule has 3 heterocycles. The van der Waals surface area contributed by atoms with Crippen LogP contribution in [0.3, 0.4) is 0 Å². The minimum absolute atomic E-state index is 0.231. The van der Waals surface area contributed by atoms with E-state index in [0.717, 1.165) is 35.8 Å². The van der Waals surface area contributed by atoms with Gasteiger partial charge in [0.1, 0.15) is 5.76 Å². The molecule has 1 aliphatic rings. The molecular weight excluding hydrogens is 272 g/mol. The number of nitrogens with zero attached hydrogens (tertiary/aromatic N) is 2. The molecule has 2 aromatic heterocycles. The summed E-state index contributed by atoms with van der Waals surface area (Å²) in [5.74, 6) is 1.60. The maximum absolute atomic E-state index is 9.48. The zero-order valence-corrected chi connectivity index (χ0v) is 12.5. The summed E-state index contributed by atoms with van der Waals surface area (Å²) in [7, 11) is 0. The topological polar surface area (TPSA) is 49.5 Å². The Balaban J connectivity index is 1.77. The van der Waals surface area contributed by atoms with Crippen molar-refractivity contribution in [1.29, 1.82) is 0 Å². The second-order valence-electron chi connectivity index (χ2n) is 5.30. The zero-order chi connectivity index (χ0) is 13.9. The van der Waals surface area contributed by atoms with Crippen LogP contribution in [0.15, 0.2) is 21.9 Å². The fourth-order valence-electron chi connectivity index (χ4n) is 2.75. The van der Waals surface area contributed by atoms with Gasteiger partial charge in [0.15, 0.2) is 0 Å². The van der Waals surface area contributed by atoms with Gasteiger partial charge in [-0.2, -0.15) is 0 Å². The lowest BCUT2D eigenvalue weighted by Crippen LogP contribution is -2.41. The molecule has 108 valence electrons. The van der Waals surface area contributed by atoms with Crippen LogP contribution in [0, 0.1) is 6.92 Å². The molecule has 1 unspecified atom stereocenters. The van der Waals surface area contributed by atoms with Crippen molar-refractivity contribution in [3.63, 3.8) is 0 Å². The van der Waals surface area contributed by atoms with Crippen molar-refractivity contribution in [2.45, 2.75) is 38.8 Å². The molecule has 2 aromatic rings. The lowest BCUT2D eigenvalue weighted by Gasteiger charge is -2.33. The van der Waals surface area contributed by atoms with Gasteiger partial charge in [-0.25, -0.2) is 4.98 Å². The number of aliphatic hydroxyl groups is 1. The molecule has 0 bridgehead atoms. The molecule has 3 rings (SSSR count). The molecule has 20 heavy (non-hydrogen) atoms. The van der Waals surface area contributed by atoms with Crippen LogP contribution in [0.4, 0.5) is 0 Å². The Labute approximate surface area is 123 Å². The number of hydrogen-bond donors (Lipinski definition) is 1. The first-order valence-corrected chi connectivity index (χ1v) is 8.01. The molecule has 5 heteroatoms. The van der Waals surface area contributed by atoms with Crippen LogP contribution in [0.5, 0.6) is 0 Å². The highest BCUT2D eigenvalue weighted by molar-refractivity contribution is 7.13. The van der Waals surface area contributed by atoms with E-state index in [0.29, 0.717) is 5.89 Å². The largest absolute Gasteiger partial charge is 0.440 e. The van der Waals surface area contributed by atoms with Gasteiger partial charge in [0.05, 0.1) is 17.2 Å². The van der Waals surface area contributed by atoms with Crippen molar-refractivity contribution in [3.05, 3.63) is 29.0 Å². The number of rotatable bonds is 4. The second-order valence-corrected chi connectivity index (χ2v) is 6.25. The average Bonchev–Trinajstić information content (AvgIpc) is 3.10. The van der Waals surface area contributed by atoms with E-state index in [2.05, 4.69) is 9.88 Å². The summed E-state index contributed by atoms with van der Waals surface area (Å²) >= 11 is 1.64. The van der Waals surface area contributed by atoms with E-state index in [9.17, 15) is 5.11 Å². The third-order valence-electron chi connectivity index (χ3n) is 3.94.